The molecule has 1 amide bonds. The van der Waals surface area contributed by atoms with Crippen LogP contribution < -0.4 is 5.32 Å². The van der Waals surface area contributed by atoms with E-state index >= 15 is 0 Å². The number of halogens is 1. The molecule has 0 saturated heterocycles. The van der Waals surface area contributed by atoms with Crippen LogP contribution in [0.3, 0.4) is 0 Å². The molecule has 1 aromatic carbocycles. The van der Waals surface area contributed by atoms with Crippen LogP contribution in [0.1, 0.15) is 34.6 Å². The minimum atomic E-state index is -0.149. The second kappa shape index (κ2) is 5.85. The van der Waals surface area contributed by atoms with Gasteiger partial charge in [0.15, 0.2) is 0 Å². The summed E-state index contributed by atoms with van der Waals surface area (Å²) in [5.74, 6) is -0.149. The summed E-state index contributed by atoms with van der Waals surface area (Å²) in [4.78, 5) is 16.2. The minimum Gasteiger partial charge on any atom is -0.346 e. The third-order valence-corrected chi connectivity index (χ3v) is 3.03. The van der Waals surface area contributed by atoms with Gasteiger partial charge in [-0.05, 0) is 31.5 Å². The van der Waals surface area contributed by atoms with Crippen LogP contribution in [-0.4, -0.2) is 10.9 Å². The summed E-state index contributed by atoms with van der Waals surface area (Å²) in [6.07, 6.45) is 0. The molecule has 0 aliphatic heterocycles. The van der Waals surface area contributed by atoms with Crippen molar-refractivity contribution in [2.24, 2.45) is 0 Å². The number of aryl methyl sites for hydroxylation is 1. The number of benzene rings is 1. The first-order valence-corrected chi connectivity index (χ1v) is 6.44. The molecule has 1 N–H and O–H groups in total. The molecule has 1 aromatic heterocycles. The summed E-state index contributed by atoms with van der Waals surface area (Å²) in [6, 6.07) is 13.0. The highest BCUT2D eigenvalue weighted by atomic mass is 35.5. The van der Waals surface area contributed by atoms with Crippen molar-refractivity contribution >= 4 is 17.5 Å². The number of nitrogens with one attached hydrogen (secondary N) is 1. The number of pyridine rings is 1. The maximum absolute atomic E-state index is 12.1. The largest absolute Gasteiger partial charge is 0.346 e. The Kier molecular flexibility index (Phi) is 4.17. The first kappa shape index (κ1) is 13.6. The molecule has 1 unspecified atom stereocenters. The summed E-state index contributed by atoms with van der Waals surface area (Å²) in [7, 11) is 0. The summed E-state index contributed by atoms with van der Waals surface area (Å²) in [5.41, 5.74) is 2.32. The molecule has 2 rings (SSSR count). The summed E-state index contributed by atoms with van der Waals surface area (Å²) >= 11 is 5.86. The van der Waals surface area contributed by atoms with Crippen molar-refractivity contribution in [2.45, 2.75) is 19.9 Å². The molecule has 1 atom stereocenters. The van der Waals surface area contributed by atoms with E-state index in [2.05, 4.69) is 10.3 Å². The Hall–Kier alpha value is -1.87. The Balaban J connectivity index is 2.13. The molecule has 0 radical (unpaired) electrons. The van der Waals surface area contributed by atoms with Crippen LogP contribution in [0, 0.1) is 6.92 Å². The van der Waals surface area contributed by atoms with E-state index in [-0.39, 0.29) is 11.9 Å². The smallest absolute Gasteiger partial charge is 0.251 e. The molecule has 19 heavy (non-hydrogen) atoms. The van der Waals surface area contributed by atoms with Crippen molar-refractivity contribution in [1.82, 2.24) is 10.3 Å². The van der Waals surface area contributed by atoms with Crippen LogP contribution >= 0.6 is 11.6 Å². The Morgan fingerprint density at radius 2 is 1.95 bits per heavy atom. The van der Waals surface area contributed by atoms with Crippen molar-refractivity contribution in [1.29, 1.82) is 0 Å². The molecular weight excluding hydrogens is 260 g/mol. The van der Waals surface area contributed by atoms with Gasteiger partial charge in [-0.1, -0.05) is 41.9 Å². The quantitative estimate of drug-likeness (QED) is 0.870. The van der Waals surface area contributed by atoms with Crippen molar-refractivity contribution < 1.29 is 4.79 Å². The summed E-state index contributed by atoms with van der Waals surface area (Å²) in [6.45, 7) is 3.76. The molecule has 0 spiro atoms. The second-order valence-corrected chi connectivity index (χ2v) is 4.81. The van der Waals surface area contributed by atoms with E-state index in [9.17, 15) is 4.79 Å². The number of aromatic nitrogens is 1. The molecule has 3 nitrogen and oxygen atoms in total. The van der Waals surface area contributed by atoms with Crippen molar-refractivity contribution in [2.75, 3.05) is 0 Å². The van der Waals surface area contributed by atoms with E-state index < -0.39 is 0 Å². The second-order valence-electron chi connectivity index (χ2n) is 4.43. The Bertz CT molecular complexity index is 564. The van der Waals surface area contributed by atoms with Gasteiger partial charge in [-0.15, -0.1) is 0 Å². The van der Waals surface area contributed by atoms with E-state index in [1.165, 1.54) is 0 Å². The molecule has 0 aliphatic carbocycles. The molecule has 0 fully saturated rings. The van der Waals surface area contributed by atoms with Crippen LogP contribution in [0.4, 0.5) is 0 Å². The fourth-order valence-corrected chi connectivity index (χ4v) is 2.12. The van der Waals surface area contributed by atoms with Crippen molar-refractivity contribution in [3.05, 3.63) is 64.4 Å². The molecular formula is C15H15ClN2O. The fraction of sp³-hybridized carbons (Fsp3) is 0.200. The molecule has 2 aromatic rings. The number of carbonyl (C=O) groups excluding carboxylic acids is 1. The van der Waals surface area contributed by atoms with Gasteiger partial charge in [-0.25, -0.2) is 4.98 Å². The number of hydrogen-bond acceptors (Lipinski definition) is 2. The third-order valence-electron chi connectivity index (χ3n) is 2.83. The van der Waals surface area contributed by atoms with Gasteiger partial charge in [0.05, 0.1) is 6.04 Å². The van der Waals surface area contributed by atoms with E-state index in [4.69, 9.17) is 11.6 Å². The van der Waals surface area contributed by atoms with Crippen LogP contribution in [0.5, 0.6) is 0 Å². The van der Waals surface area contributed by atoms with Gasteiger partial charge in [0.25, 0.3) is 5.91 Å². The number of hydrogen-bond donors (Lipinski definition) is 1. The van der Waals surface area contributed by atoms with E-state index in [1.807, 2.05) is 44.2 Å². The highest BCUT2D eigenvalue weighted by Crippen LogP contribution is 2.14. The van der Waals surface area contributed by atoms with Crippen LogP contribution in [0.15, 0.2) is 42.5 Å². The highest BCUT2D eigenvalue weighted by Gasteiger charge is 2.12. The monoisotopic (exact) mass is 274 g/mol. The molecule has 1 heterocycles. The van der Waals surface area contributed by atoms with Crippen molar-refractivity contribution in [3.8, 4) is 0 Å². The maximum Gasteiger partial charge on any atom is 0.251 e. The molecule has 0 aliphatic rings. The SMILES string of the molecule is Cc1cc(C(=O)NC(C)c2ccccc2)cc(Cl)n1. The number of rotatable bonds is 3. The molecule has 0 saturated carbocycles. The lowest BCUT2D eigenvalue weighted by atomic mass is 10.1. The predicted molar refractivity (Wildman–Crippen MR) is 76.3 cm³/mol. The zero-order chi connectivity index (χ0) is 13.8. The summed E-state index contributed by atoms with van der Waals surface area (Å²) < 4.78 is 0. The minimum absolute atomic E-state index is 0.0547. The van der Waals surface area contributed by atoms with Gasteiger partial charge in [-0.3, -0.25) is 4.79 Å². The predicted octanol–water partition coefficient (Wildman–Crippen LogP) is 3.53. The highest BCUT2D eigenvalue weighted by molar-refractivity contribution is 6.29. The Morgan fingerprint density at radius 3 is 2.58 bits per heavy atom. The van der Waals surface area contributed by atoms with E-state index in [1.54, 1.807) is 12.1 Å². The lowest BCUT2D eigenvalue weighted by Gasteiger charge is -2.14. The lowest BCUT2D eigenvalue weighted by Crippen LogP contribution is -2.26. The standard InChI is InChI=1S/C15H15ClN2O/c1-10-8-13(9-14(16)17-10)15(19)18-11(2)12-6-4-3-5-7-12/h3-9,11H,1-2H3,(H,18,19). The zero-order valence-electron chi connectivity index (χ0n) is 10.9. The van der Waals surface area contributed by atoms with Gasteiger partial charge < -0.3 is 5.32 Å². The van der Waals surface area contributed by atoms with Gasteiger partial charge in [0.2, 0.25) is 0 Å². The Morgan fingerprint density at radius 1 is 1.26 bits per heavy atom. The average Bonchev–Trinajstić information content (AvgIpc) is 2.38. The normalized spacial score (nSPS) is 11.9. The average molecular weight is 275 g/mol. The van der Waals surface area contributed by atoms with Gasteiger partial charge in [-0.2, -0.15) is 0 Å². The Labute approximate surface area is 117 Å². The molecule has 4 heteroatoms. The van der Waals surface area contributed by atoms with Crippen molar-refractivity contribution in [3.63, 3.8) is 0 Å². The van der Waals surface area contributed by atoms with E-state index in [0.29, 0.717) is 10.7 Å². The van der Waals surface area contributed by atoms with Crippen LogP contribution in [0.25, 0.3) is 0 Å². The first-order chi connectivity index (χ1) is 9.06. The number of amides is 1. The number of carbonyl (C=O) groups is 1. The number of nitrogens with zero attached hydrogens (tertiary/aromatic N) is 1. The molecule has 0 bridgehead atoms. The maximum atomic E-state index is 12.1. The van der Waals surface area contributed by atoms with Gasteiger partial charge >= 0.3 is 0 Å². The van der Waals surface area contributed by atoms with Gasteiger partial charge in [0, 0.05) is 11.3 Å². The molecule has 98 valence electrons. The van der Waals surface area contributed by atoms with Gasteiger partial charge in [0.1, 0.15) is 5.15 Å². The third kappa shape index (κ3) is 3.55. The lowest BCUT2D eigenvalue weighted by molar-refractivity contribution is 0.0939. The first-order valence-electron chi connectivity index (χ1n) is 6.06. The van der Waals surface area contributed by atoms with Crippen LogP contribution in [-0.2, 0) is 0 Å². The fourth-order valence-electron chi connectivity index (χ4n) is 1.86. The zero-order valence-corrected chi connectivity index (χ0v) is 11.6. The van der Waals surface area contributed by atoms with E-state index in [0.717, 1.165) is 11.3 Å². The topological polar surface area (TPSA) is 42.0 Å². The summed E-state index contributed by atoms with van der Waals surface area (Å²) in [5, 5.41) is 3.27. The van der Waals surface area contributed by atoms with Crippen LogP contribution in [0.2, 0.25) is 5.15 Å².